The Morgan fingerprint density at radius 3 is 2.64 bits per heavy atom. The van der Waals surface area contributed by atoms with Gasteiger partial charge in [-0.15, -0.1) is 0 Å². The summed E-state index contributed by atoms with van der Waals surface area (Å²) in [5.74, 6) is 0. The Kier molecular flexibility index (Phi) is 3.29. The number of nitrogens with one attached hydrogen (secondary N) is 2. The summed E-state index contributed by atoms with van der Waals surface area (Å²) < 4.78 is 2.02. The minimum Gasteiger partial charge on any atom is -0.271 e. The van der Waals surface area contributed by atoms with Crippen molar-refractivity contribution in [1.82, 2.24) is 14.6 Å². The largest absolute Gasteiger partial charge is 0.340 e. The van der Waals surface area contributed by atoms with Crippen molar-refractivity contribution in [2.45, 2.75) is 13.8 Å². The molecule has 0 aliphatic rings. The summed E-state index contributed by atoms with van der Waals surface area (Å²) in [5, 5.41) is 2.43. The average molecular weight is 260 g/mol. The lowest BCUT2D eigenvalue weighted by Crippen LogP contribution is -2.25. The average Bonchev–Trinajstić information content (AvgIpc) is 2.51. The van der Waals surface area contributed by atoms with Crippen LogP contribution in [0.2, 0.25) is 0 Å². The first-order valence-electron chi connectivity index (χ1n) is 4.17. The van der Waals surface area contributed by atoms with E-state index in [0.717, 1.165) is 0 Å². The zero-order valence-corrected chi connectivity index (χ0v) is 9.38. The fourth-order valence-electron chi connectivity index (χ4n) is 1.02. The Hall–Kier alpha value is -1.30. The van der Waals surface area contributed by atoms with Crippen LogP contribution in [-0.4, -0.2) is 14.6 Å². The molecule has 14 heavy (non-hydrogen) atoms. The van der Waals surface area contributed by atoms with Gasteiger partial charge in [0.05, 0.1) is 4.47 Å². The van der Waals surface area contributed by atoms with Crippen molar-refractivity contribution in [1.29, 1.82) is 0 Å². The highest BCUT2D eigenvalue weighted by atomic mass is 79.9. The molecular weight excluding hydrogens is 250 g/mol. The monoisotopic (exact) mass is 259 g/mol. The van der Waals surface area contributed by atoms with E-state index >= 15 is 0 Å². The van der Waals surface area contributed by atoms with Gasteiger partial charge < -0.3 is 0 Å². The molecule has 0 saturated heterocycles. The van der Waals surface area contributed by atoms with Gasteiger partial charge in [0, 0.05) is 6.20 Å². The summed E-state index contributed by atoms with van der Waals surface area (Å²) in [4.78, 5) is 24.0. The lowest BCUT2D eigenvalue weighted by Gasteiger charge is -1.91. The third-order valence-corrected chi connectivity index (χ3v) is 2.14. The Labute approximate surface area is 87.9 Å². The van der Waals surface area contributed by atoms with E-state index in [1.165, 1.54) is 4.52 Å². The number of fused-ring (bicyclic) bond motifs is 1. The van der Waals surface area contributed by atoms with Crippen LogP contribution >= 0.6 is 15.9 Å². The molecule has 2 aromatic heterocycles. The predicted octanol–water partition coefficient (Wildman–Crippen LogP) is 1.10. The highest BCUT2D eigenvalue weighted by molar-refractivity contribution is 9.10. The molecule has 0 radical (unpaired) electrons. The standard InChI is InChI=1S/C6H4BrN3O2.C2H6/c7-3-1-2-10-4(3)5(11)8-6(12)9-10;1-2/h1-2H,(H2,8,9,11,12);1-2H3. The molecule has 6 heteroatoms. The minimum atomic E-state index is -0.518. The summed E-state index contributed by atoms with van der Waals surface area (Å²) in [7, 11) is 0. The Morgan fingerprint density at radius 1 is 1.36 bits per heavy atom. The molecule has 2 heterocycles. The predicted molar refractivity (Wildman–Crippen MR) is 57.7 cm³/mol. The normalized spacial score (nSPS) is 9.64. The van der Waals surface area contributed by atoms with Crippen molar-refractivity contribution < 1.29 is 0 Å². The number of halogens is 1. The third kappa shape index (κ3) is 1.79. The van der Waals surface area contributed by atoms with E-state index in [4.69, 9.17) is 0 Å². The Morgan fingerprint density at radius 2 is 2.00 bits per heavy atom. The van der Waals surface area contributed by atoms with Crippen molar-refractivity contribution in [3.63, 3.8) is 0 Å². The summed E-state index contributed by atoms with van der Waals surface area (Å²) >= 11 is 3.18. The molecule has 0 saturated carbocycles. The number of rotatable bonds is 0. The molecule has 0 fully saturated rings. The van der Waals surface area contributed by atoms with E-state index in [2.05, 4.69) is 26.0 Å². The zero-order chi connectivity index (χ0) is 10.7. The van der Waals surface area contributed by atoms with Crippen molar-refractivity contribution in [3.05, 3.63) is 37.6 Å². The molecule has 2 aromatic rings. The molecular formula is C8H10BrN3O2. The first-order chi connectivity index (χ1) is 6.68. The lowest BCUT2D eigenvalue weighted by molar-refractivity contribution is 0.845. The number of nitrogens with zero attached hydrogens (tertiary/aromatic N) is 1. The van der Waals surface area contributed by atoms with Crippen LogP contribution in [0.1, 0.15) is 13.8 Å². The molecule has 0 aliphatic heterocycles. The third-order valence-electron chi connectivity index (χ3n) is 1.50. The lowest BCUT2D eigenvalue weighted by atomic mass is 10.5. The summed E-state index contributed by atoms with van der Waals surface area (Å²) in [5.41, 5.74) is -0.527. The minimum absolute atomic E-state index is 0.398. The van der Waals surface area contributed by atoms with Crippen molar-refractivity contribution in [2.75, 3.05) is 0 Å². The van der Waals surface area contributed by atoms with Crippen LogP contribution in [0.3, 0.4) is 0 Å². The van der Waals surface area contributed by atoms with E-state index in [-0.39, 0.29) is 0 Å². The quantitative estimate of drug-likeness (QED) is 0.744. The zero-order valence-electron chi connectivity index (χ0n) is 7.80. The van der Waals surface area contributed by atoms with E-state index in [1.807, 2.05) is 13.8 Å². The van der Waals surface area contributed by atoms with Crippen LogP contribution in [0.15, 0.2) is 26.3 Å². The van der Waals surface area contributed by atoms with Crippen LogP contribution in [-0.2, 0) is 0 Å². The number of hydrogen-bond acceptors (Lipinski definition) is 2. The van der Waals surface area contributed by atoms with Crippen LogP contribution in [0, 0.1) is 0 Å². The second kappa shape index (κ2) is 4.28. The van der Waals surface area contributed by atoms with Gasteiger partial charge in [0.1, 0.15) is 5.52 Å². The second-order valence-corrected chi connectivity index (χ2v) is 3.13. The fourth-order valence-corrected chi connectivity index (χ4v) is 1.51. The molecule has 0 atom stereocenters. The first kappa shape index (κ1) is 10.8. The molecule has 2 rings (SSSR count). The Bertz CT molecular complexity index is 537. The molecule has 76 valence electrons. The molecule has 0 aromatic carbocycles. The maximum atomic E-state index is 11.2. The summed E-state index contributed by atoms with van der Waals surface area (Å²) in [6.45, 7) is 4.00. The van der Waals surface area contributed by atoms with Gasteiger partial charge in [-0.3, -0.25) is 14.3 Å². The van der Waals surface area contributed by atoms with Crippen molar-refractivity contribution in [3.8, 4) is 0 Å². The summed E-state index contributed by atoms with van der Waals surface area (Å²) in [6.07, 6.45) is 1.59. The maximum Gasteiger partial charge on any atom is 0.340 e. The number of hydrogen-bond donors (Lipinski definition) is 2. The van der Waals surface area contributed by atoms with E-state index in [0.29, 0.717) is 9.99 Å². The molecule has 0 amide bonds. The van der Waals surface area contributed by atoms with E-state index < -0.39 is 11.2 Å². The highest BCUT2D eigenvalue weighted by Crippen LogP contribution is 2.12. The van der Waals surface area contributed by atoms with Crippen LogP contribution in [0.25, 0.3) is 5.52 Å². The molecule has 5 nitrogen and oxygen atoms in total. The van der Waals surface area contributed by atoms with Gasteiger partial charge >= 0.3 is 5.69 Å². The van der Waals surface area contributed by atoms with Gasteiger partial charge in [-0.05, 0) is 22.0 Å². The van der Waals surface area contributed by atoms with Crippen LogP contribution < -0.4 is 11.2 Å². The van der Waals surface area contributed by atoms with Crippen molar-refractivity contribution in [2.24, 2.45) is 0 Å². The van der Waals surface area contributed by atoms with E-state index in [9.17, 15) is 9.59 Å². The van der Waals surface area contributed by atoms with Gasteiger partial charge in [0.25, 0.3) is 5.56 Å². The Balaban J connectivity index is 0.000000461. The van der Waals surface area contributed by atoms with Gasteiger partial charge in [0.15, 0.2) is 0 Å². The number of aromatic amines is 2. The topological polar surface area (TPSA) is 70.1 Å². The molecule has 0 spiro atoms. The molecule has 0 bridgehead atoms. The van der Waals surface area contributed by atoms with Crippen LogP contribution in [0.4, 0.5) is 0 Å². The molecule has 0 aliphatic carbocycles. The smallest absolute Gasteiger partial charge is 0.271 e. The number of H-pyrrole nitrogens is 2. The van der Waals surface area contributed by atoms with Gasteiger partial charge in [-0.25, -0.2) is 9.89 Å². The first-order valence-corrected chi connectivity index (χ1v) is 4.97. The van der Waals surface area contributed by atoms with Gasteiger partial charge in [-0.2, -0.15) is 0 Å². The van der Waals surface area contributed by atoms with Gasteiger partial charge in [0.2, 0.25) is 0 Å². The van der Waals surface area contributed by atoms with Gasteiger partial charge in [-0.1, -0.05) is 13.8 Å². The second-order valence-electron chi connectivity index (χ2n) is 2.28. The SMILES string of the molecule is CC.O=c1[nH]c(=O)c2c(Br)ccn2[nH]1. The number of aromatic nitrogens is 3. The van der Waals surface area contributed by atoms with E-state index in [1.54, 1.807) is 12.3 Å². The fraction of sp³-hybridized carbons (Fsp3) is 0.250. The maximum absolute atomic E-state index is 11.2. The molecule has 0 unspecified atom stereocenters. The highest BCUT2D eigenvalue weighted by Gasteiger charge is 2.03. The van der Waals surface area contributed by atoms with Crippen LogP contribution in [0.5, 0.6) is 0 Å². The van der Waals surface area contributed by atoms with Crippen molar-refractivity contribution >= 4 is 21.4 Å². The molecule has 2 N–H and O–H groups in total. The summed E-state index contributed by atoms with van der Waals surface area (Å²) in [6, 6.07) is 1.68.